The molecule has 1 aromatic carbocycles. The van der Waals surface area contributed by atoms with E-state index in [1.165, 1.54) is 0 Å². The highest BCUT2D eigenvalue weighted by atomic mass is 16.5. The molecule has 1 aliphatic carbocycles. The summed E-state index contributed by atoms with van der Waals surface area (Å²) in [5.41, 5.74) is 0.428. The Morgan fingerprint density at radius 3 is 2.25 bits per heavy atom. The molecule has 0 atom stereocenters. The van der Waals surface area contributed by atoms with Crippen molar-refractivity contribution < 1.29 is 9.84 Å². The summed E-state index contributed by atoms with van der Waals surface area (Å²) >= 11 is 0. The van der Waals surface area contributed by atoms with Gasteiger partial charge in [0.15, 0.2) is 0 Å². The molecule has 2 rings (SSSR count). The molecular formula is C14H20O2. The van der Waals surface area contributed by atoms with Gasteiger partial charge in [0.1, 0.15) is 5.75 Å². The molecule has 1 saturated carbocycles. The van der Waals surface area contributed by atoms with E-state index in [0.717, 1.165) is 24.2 Å². The summed E-state index contributed by atoms with van der Waals surface area (Å²) < 4.78 is 5.57. The summed E-state index contributed by atoms with van der Waals surface area (Å²) in [6.07, 6.45) is 1.94. The predicted octanol–water partition coefficient (Wildman–Crippen LogP) is 3.09. The fourth-order valence-corrected chi connectivity index (χ4v) is 2.44. The van der Waals surface area contributed by atoms with E-state index >= 15 is 0 Å². The smallest absolute Gasteiger partial charge is 0.119 e. The van der Waals surface area contributed by atoms with Gasteiger partial charge in [-0.3, -0.25) is 0 Å². The first-order chi connectivity index (χ1) is 7.49. The first-order valence-corrected chi connectivity index (χ1v) is 5.99. The fourth-order valence-electron chi connectivity index (χ4n) is 2.44. The Balaban J connectivity index is 2.08. The fraction of sp³-hybridized carbons (Fsp3) is 0.571. The number of hydrogen-bond acceptors (Lipinski definition) is 2. The van der Waals surface area contributed by atoms with Crippen molar-refractivity contribution in [1.82, 2.24) is 0 Å². The van der Waals surface area contributed by atoms with Crippen molar-refractivity contribution in [2.24, 2.45) is 5.92 Å². The molecule has 1 aromatic rings. The molecule has 0 aliphatic heterocycles. The molecule has 2 heteroatoms. The van der Waals surface area contributed by atoms with E-state index in [9.17, 15) is 5.11 Å². The second-order valence-electron chi connectivity index (χ2n) is 5.24. The first-order valence-electron chi connectivity index (χ1n) is 5.99. The highest BCUT2D eigenvalue weighted by Crippen LogP contribution is 2.45. The Labute approximate surface area is 97.3 Å². The highest BCUT2D eigenvalue weighted by Gasteiger charge is 2.41. The number of hydrogen-bond donors (Lipinski definition) is 1. The lowest BCUT2D eigenvalue weighted by Crippen LogP contribution is -2.39. The summed E-state index contributed by atoms with van der Waals surface area (Å²) in [4.78, 5) is 0. The molecule has 1 N–H and O–H groups in total. The monoisotopic (exact) mass is 220 g/mol. The van der Waals surface area contributed by atoms with Crippen LogP contribution in [0.15, 0.2) is 24.3 Å². The van der Waals surface area contributed by atoms with Crippen LogP contribution in [0, 0.1) is 5.92 Å². The minimum absolute atomic E-state index is 0.192. The van der Waals surface area contributed by atoms with E-state index in [2.05, 4.69) is 6.92 Å². The molecule has 0 bridgehead atoms. The average Bonchev–Trinajstić information content (AvgIpc) is 2.15. The molecule has 0 heterocycles. The quantitative estimate of drug-likeness (QED) is 0.848. The van der Waals surface area contributed by atoms with Crippen LogP contribution in [-0.2, 0) is 5.60 Å². The SMILES string of the molecule is CC1CC(O)(c2ccc(OC(C)C)cc2)C1. The largest absolute Gasteiger partial charge is 0.491 e. The summed E-state index contributed by atoms with van der Waals surface area (Å²) in [5, 5.41) is 10.3. The normalized spacial score (nSPS) is 28.9. The Morgan fingerprint density at radius 1 is 1.25 bits per heavy atom. The summed E-state index contributed by atoms with van der Waals surface area (Å²) in [5.74, 6) is 1.51. The van der Waals surface area contributed by atoms with Crippen molar-refractivity contribution >= 4 is 0 Å². The van der Waals surface area contributed by atoms with Gasteiger partial charge in [-0.05, 0) is 50.3 Å². The van der Waals surface area contributed by atoms with Crippen molar-refractivity contribution in [2.75, 3.05) is 0 Å². The third-order valence-electron chi connectivity index (χ3n) is 3.14. The minimum atomic E-state index is -0.588. The summed E-state index contributed by atoms with van der Waals surface area (Å²) in [6.45, 7) is 6.19. The predicted molar refractivity (Wildman–Crippen MR) is 64.5 cm³/mol. The van der Waals surface area contributed by atoms with Gasteiger partial charge in [-0.1, -0.05) is 19.1 Å². The summed E-state index contributed by atoms with van der Waals surface area (Å²) in [7, 11) is 0. The number of benzene rings is 1. The van der Waals surface area contributed by atoms with Gasteiger partial charge >= 0.3 is 0 Å². The van der Waals surface area contributed by atoms with Crippen LogP contribution in [0.1, 0.15) is 39.2 Å². The van der Waals surface area contributed by atoms with Gasteiger partial charge in [0.05, 0.1) is 11.7 Å². The van der Waals surface area contributed by atoms with Crippen LogP contribution in [0.3, 0.4) is 0 Å². The van der Waals surface area contributed by atoms with Gasteiger partial charge in [0.25, 0.3) is 0 Å². The van der Waals surface area contributed by atoms with E-state index in [1.54, 1.807) is 0 Å². The molecule has 0 radical (unpaired) electrons. The van der Waals surface area contributed by atoms with Crippen molar-refractivity contribution in [3.63, 3.8) is 0 Å². The van der Waals surface area contributed by atoms with E-state index in [0.29, 0.717) is 5.92 Å². The van der Waals surface area contributed by atoms with Crippen LogP contribution in [0.4, 0.5) is 0 Å². The van der Waals surface area contributed by atoms with Gasteiger partial charge in [-0.2, -0.15) is 0 Å². The molecule has 0 saturated heterocycles. The molecule has 0 amide bonds. The molecule has 1 aliphatic rings. The van der Waals surface area contributed by atoms with Gasteiger partial charge < -0.3 is 9.84 Å². The lowest BCUT2D eigenvalue weighted by Gasteiger charge is -2.42. The van der Waals surface area contributed by atoms with Crippen LogP contribution in [0.25, 0.3) is 0 Å². The highest BCUT2D eigenvalue weighted by molar-refractivity contribution is 5.32. The van der Waals surface area contributed by atoms with Gasteiger partial charge in [0, 0.05) is 0 Å². The van der Waals surface area contributed by atoms with Crippen molar-refractivity contribution in [2.45, 2.75) is 45.3 Å². The van der Waals surface area contributed by atoms with Crippen LogP contribution in [0.2, 0.25) is 0 Å². The average molecular weight is 220 g/mol. The minimum Gasteiger partial charge on any atom is -0.491 e. The molecule has 88 valence electrons. The summed E-state index contributed by atoms with van der Waals surface area (Å²) in [6, 6.07) is 7.83. The zero-order valence-electron chi connectivity index (χ0n) is 10.2. The van der Waals surface area contributed by atoms with Crippen LogP contribution in [-0.4, -0.2) is 11.2 Å². The second-order valence-corrected chi connectivity index (χ2v) is 5.24. The molecule has 16 heavy (non-hydrogen) atoms. The van der Waals surface area contributed by atoms with Gasteiger partial charge in [-0.15, -0.1) is 0 Å². The lowest BCUT2D eigenvalue weighted by atomic mass is 9.68. The Bertz CT molecular complexity index is 348. The second kappa shape index (κ2) is 4.10. The molecule has 1 fully saturated rings. The third kappa shape index (κ3) is 2.22. The van der Waals surface area contributed by atoms with Gasteiger partial charge in [-0.25, -0.2) is 0 Å². The number of ether oxygens (including phenoxy) is 1. The van der Waals surface area contributed by atoms with E-state index in [4.69, 9.17) is 4.74 Å². The molecule has 0 spiro atoms. The van der Waals surface area contributed by atoms with E-state index < -0.39 is 5.60 Å². The molecule has 0 aromatic heterocycles. The molecule has 0 unspecified atom stereocenters. The topological polar surface area (TPSA) is 29.5 Å². The third-order valence-corrected chi connectivity index (χ3v) is 3.14. The Morgan fingerprint density at radius 2 is 1.81 bits per heavy atom. The molecular weight excluding hydrogens is 200 g/mol. The molecule has 2 nitrogen and oxygen atoms in total. The van der Waals surface area contributed by atoms with Crippen molar-refractivity contribution in [1.29, 1.82) is 0 Å². The van der Waals surface area contributed by atoms with Crippen molar-refractivity contribution in [3.05, 3.63) is 29.8 Å². The number of rotatable bonds is 3. The first kappa shape index (κ1) is 11.5. The maximum Gasteiger partial charge on any atom is 0.119 e. The maximum absolute atomic E-state index is 10.3. The van der Waals surface area contributed by atoms with E-state index in [1.807, 2.05) is 38.1 Å². The lowest BCUT2D eigenvalue weighted by molar-refractivity contribution is -0.0738. The van der Waals surface area contributed by atoms with Crippen molar-refractivity contribution in [3.8, 4) is 5.75 Å². The van der Waals surface area contributed by atoms with Gasteiger partial charge in [0.2, 0.25) is 0 Å². The zero-order chi connectivity index (χ0) is 11.8. The van der Waals surface area contributed by atoms with Crippen LogP contribution >= 0.6 is 0 Å². The van der Waals surface area contributed by atoms with E-state index in [-0.39, 0.29) is 6.10 Å². The van der Waals surface area contributed by atoms with Crippen LogP contribution in [0.5, 0.6) is 5.75 Å². The maximum atomic E-state index is 10.3. The standard InChI is InChI=1S/C14H20O2/c1-10(2)16-13-6-4-12(5-7-13)14(15)8-11(3)9-14/h4-7,10-11,15H,8-9H2,1-3H3. The Kier molecular flexibility index (Phi) is 2.94. The Hall–Kier alpha value is -1.02. The number of aliphatic hydroxyl groups is 1. The zero-order valence-corrected chi connectivity index (χ0v) is 10.2. The van der Waals surface area contributed by atoms with Crippen LogP contribution < -0.4 is 4.74 Å².